The Morgan fingerprint density at radius 3 is 2.50 bits per heavy atom. The van der Waals surface area contributed by atoms with Crippen LogP contribution in [0, 0.1) is 11.3 Å². The lowest BCUT2D eigenvalue weighted by Gasteiger charge is -2.13. The predicted octanol–water partition coefficient (Wildman–Crippen LogP) is 3.72. The van der Waals surface area contributed by atoms with Crippen molar-refractivity contribution in [3.8, 4) is 11.8 Å². The van der Waals surface area contributed by atoms with E-state index in [2.05, 4.69) is 11.4 Å². The molecule has 0 heterocycles. The molecule has 4 heteroatoms. The fourth-order valence-electron chi connectivity index (χ4n) is 1.60. The first-order valence-electron chi connectivity index (χ1n) is 5.39. The molecule has 0 aliphatic rings. The summed E-state index contributed by atoms with van der Waals surface area (Å²) in [6.07, 6.45) is 0. The van der Waals surface area contributed by atoms with Crippen molar-refractivity contribution in [1.82, 2.24) is 0 Å². The van der Waals surface area contributed by atoms with Crippen molar-refractivity contribution in [2.75, 3.05) is 5.32 Å². The van der Waals surface area contributed by atoms with Crippen molar-refractivity contribution >= 4 is 17.3 Å². The number of rotatable bonds is 3. The molecule has 0 bridgehead atoms. The Morgan fingerprint density at radius 2 is 1.89 bits per heavy atom. The summed E-state index contributed by atoms with van der Waals surface area (Å²) in [5, 5.41) is 22.1. The average molecular weight is 259 g/mol. The highest BCUT2D eigenvalue weighted by Crippen LogP contribution is 2.22. The van der Waals surface area contributed by atoms with Crippen molar-refractivity contribution in [3.05, 3.63) is 59.1 Å². The van der Waals surface area contributed by atoms with E-state index in [9.17, 15) is 10.4 Å². The van der Waals surface area contributed by atoms with Gasteiger partial charge in [-0.3, -0.25) is 0 Å². The van der Waals surface area contributed by atoms with E-state index in [0.717, 1.165) is 11.3 Å². The largest absolute Gasteiger partial charge is 0.508 e. The number of aromatic hydroxyl groups is 1. The van der Waals surface area contributed by atoms with Crippen LogP contribution in [0.1, 0.15) is 11.6 Å². The summed E-state index contributed by atoms with van der Waals surface area (Å²) in [4.78, 5) is 0. The van der Waals surface area contributed by atoms with E-state index in [1.807, 2.05) is 12.1 Å². The van der Waals surface area contributed by atoms with Crippen molar-refractivity contribution in [2.45, 2.75) is 6.04 Å². The summed E-state index contributed by atoms with van der Waals surface area (Å²) in [6.45, 7) is 0. The van der Waals surface area contributed by atoms with Crippen LogP contribution in [0.4, 0.5) is 5.69 Å². The fourth-order valence-corrected chi connectivity index (χ4v) is 1.79. The van der Waals surface area contributed by atoms with Crippen LogP contribution < -0.4 is 5.32 Å². The van der Waals surface area contributed by atoms with E-state index in [0.29, 0.717) is 5.02 Å². The van der Waals surface area contributed by atoms with Gasteiger partial charge in [-0.1, -0.05) is 29.8 Å². The molecule has 1 unspecified atom stereocenters. The van der Waals surface area contributed by atoms with Crippen LogP contribution in [0.25, 0.3) is 0 Å². The second-order valence-corrected chi connectivity index (χ2v) is 4.24. The van der Waals surface area contributed by atoms with Crippen LogP contribution in [-0.2, 0) is 0 Å². The summed E-state index contributed by atoms with van der Waals surface area (Å²) < 4.78 is 0. The molecule has 0 aromatic heterocycles. The summed E-state index contributed by atoms with van der Waals surface area (Å²) in [6, 6.07) is 15.4. The van der Waals surface area contributed by atoms with Crippen molar-refractivity contribution in [2.24, 2.45) is 0 Å². The summed E-state index contributed by atoms with van der Waals surface area (Å²) in [5.41, 5.74) is 1.57. The first-order valence-corrected chi connectivity index (χ1v) is 5.77. The maximum atomic E-state index is 9.22. The molecule has 0 saturated heterocycles. The lowest BCUT2D eigenvalue weighted by molar-refractivity contribution is 0.475. The highest BCUT2D eigenvalue weighted by Gasteiger charge is 2.10. The Hall–Kier alpha value is -2.18. The summed E-state index contributed by atoms with van der Waals surface area (Å²) in [5.74, 6) is 0.179. The molecular weight excluding hydrogens is 248 g/mol. The van der Waals surface area contributed by atoms with Gasteiger partial charge in [-0.2, -0.15) is 5.26 Å². The monoisotopic (exact) mass is 258 g/mol. The third-order valence-electron chi connectivity index (χ3n) is 2.49. The summed E-state index contributed by atoms with van der Waals surface area (Å²) in [7, 11) is 0. The van der Waals surface area contributed by atoms with E-state index >= 15 is 0 Å². The Kier molecular flexibility index (Phi) is 3.71. The molecule has 2 aromatic carbocycles. The maximum Gasteiger partial charge on any atom is 0.140 e. The predicted molar refractivity (Wildman–Crippen MR) is 71.5 cm³/mol. The zero-order valence-electron chi connectivity index (χ0n) is 9.47. The Balaban J connectivity index is 2.20. The zero-order valence-corrected chi connectivity index (χ0v) is 10.2. The van der Waals surface area contributed by atoms with Crippen LogP contribution in [-0.4, -0.2) is 5.11 Å². The minimum absolute atomic E-state index is 0.179. The third-order valence-corrected chi connectivity index (χ3v) is 2.73. The molecule has 0 spiro atoms. The normalized spacial score (nSPS) is 11.6. The van der Waals surface area contributed by atoms with Crippen LogP contribution in [0.15, 0.2) is 48.5 Å². The molecule has 0 saturated carbocycles. The highest BCUT2D eigenvalue weighted by molar-refractivity contribution is 6.30. The van der Waals surface area contributed by atoms with Gasteiger partial charge in [-0.25, -0.2) is 0 Å². The van der Waals surface area contributed by atoms with Gasteiger partial charge in [0.15, 0.2) is 0 Å². The van der Waals surface area contributed by atoms with Crippen LogP contribution in [0.5, 0.6) is 5.75 Å². The number of anilines is 1. The molecule has 0 radical (unpaired) electrons. The zero-order chi connectivity index (χ0) is 13.0. The molecule has 0 aliphatic carbocycles. The van der Waals surface area contributed by atoms with E-state index in [1.54, 1.807) is 36.4 Å². The van der Waals surface area contributed by atoms with Crippen LogP contribution >= 0.6 is 11.6 Å². The van der Waals surface area contributed by atoms with Gasteiger partial charge in [-0.05, 0) is 35.9 Å². The van der Waals surface area contributed by atoms with Crippen LogP contribution in [0.3, 0.4) is 0 Å². The molecule has 0 amide bonds. The summed E-state index contributed by atoms with van der Waals surface area (Å²) >= 11 is 5.88. The van der Waals surface area contributed by atoms with Gasteiger partial charge in [0.1, 0.15) is 11.8 Å². The molecule has 0 aliphatic heterocycles. The van der Waals surface area contributed by atoms with Crippen LogP contribution in [0.2, 0.25) is 5.02 Å². The van der Waals surface area contributed by atoms with E-state index in [-0.39, 0.29) is 5.75 Å². The first-order chi connectivity index (χ1) is 8.69. The van der Waals surface area contributed by atoms with Crippen molar-refractivity contribution in [1.29, 1.82) is 5.26 Å². The van der Waals surface area contributed by atoms with E-state index < -0.39 is 6.04 Å². The molecule has 2 aromatic rings. The molecule has 1 atom stereocenters. The lowest BCUT2D eigenvalue weighted by Crippen LogP contribution is -2.08. The smallest absolute Gasteiger partial charge is 0.140 e. The number of hydrogen-bond donors (Lipinski definition) is 2. The fraction of sp³-hybridized carbons (Fsp3) is 0.0714. The lowest BCUT2D eigenvalue weighted by atomic mass is 10.1. The van der Waals surface area contributed by atoms with E-state index in [1.165, 1.54) is 0 Å². The van der Waals surface area contributed by atoms with Gasteiger partial charge in [0, 0.05) is 10.7 Å². The Morgan fingerprint density at radius 1 is 1.17 bits per heavy atom. The molecular formula is C14H11ClN2O. The van der Waals surface area contributed by atoms with Crippen molar-refractivity contribution < 1.29 is 5.11 Å². The van der Waals surface area contributed by atoms with Gasteiger partial charge in [0.05, 0.1) is 6.07 Å². The molecule has 2 rings (SSSR count). The van der Waals surface area contributed by atoms with Gasteiger partial charge >= 0.3 is 0 Å². The molecule has 3 nitrogen and oxygen atoms in total. The second kappa shape index (κ2) is 5.44. The Bertz CT molecular complexity index is 575. The SMILES string of the molecule is N#CC(Nc1cccc(Cl)c1)c1ccc(O)cc1. The number of phenols is 1. The highest BCUT2D eigenvalue weighted by atomic mass is 35.5. The number of nitrogens with one attached hydrogen (secondary N) is 1. The van der Waals surface area contributed by atoms with Gasteiger partial charge in [0.25, 0.3) is 0 Å². The maximum absolute atomic E-state index is 9.22. The number of phenolic OH excluding ortho intramolecular Hbond substituents is 1. The molecule has 2 N–H and O–H groups in total. The van der Waals surface area contributed by atoms with Crippen molar-refractivity contribution in [3.63, 3.8) is 0 Å². The molecule has 0 fully saturated rings. The quantitative estimate of drug-likeness (QED) is 0.882. The van der Waals surface area contributed by atoms with Gasteiger partial charge in [-0.15, -0.1) is 0 Å². The average Bonchev–Trinajstić information content (AvgIpc) is 2.37. The van der Waals surface area contributed by atoms with Gasteiger partial charge in [0.2, 0.25) is 0 Å². The minimum atomic E-state index is -0.482. The topological polar surface area (TPSA) is 56.0 Å². The number of benzene rings is 2. The standard InChI is InChI=1S/C14H11ClN2O/c15-11-2-1-3-12(8-11)17-14(9-16)10-4-6-13(18)7-5-10/h1-8,14,17-18H. The Labute approximate surface area is 110 Å². The third kappa shape index (κ3) is 2.93. The number of nitrogens with zero attached hydrogens (tertiary/aromatic N) is 1. The minimum Gasteiger partial charge on any atom is -0.508 e. The second-order valence-electron chi connectivity index (χ2n) is 3.81. The first kappa shape index (κ1) is 12.3. The number of halogens is 1. The molecule has 18 heavy (non-hydrogen) atoms. The van der Waals surface area contributed by atoms with E-state index in [4.69, 9.17) is 11.6 Å². The number of hydrogen-bond acceptors (Lipinski definition) is 3. The molecule has 90 valence electrons. The van der Waals surface area contributed by atoms with Gasteiger partial charge < -0.3 is 10.4 Å². The number of nitriles is 1.